The number of benzene rings is 3. The average molecular weight is 465 g/mol. The number of para-hydroxylation sites is 2. The van der Waals surface area contributed by atoms with Crippen LogP contribution in [0.1, 0.15) is 53.6 Å². The summed E-state index contributed by atoms with van der Waals surface area (Å²) in [4.78, 5) is 45.9. The molecule has 2 aliphatic rings. The molecule has 1 aromatic heterocycles. The summed E-state index contributed by atoms with van der Waals surface area (Å²) in [5.74, 6) is -0.809. The summed E-state index contributed by atoms with van der Waals surface area (Å²) < 4.78 is 6.10. The predicted octanol–water partition coefficient (Wildman–Crippen LogP) is 5.01. The Balaban J connectivity index is 1.74. The van der Waals surface area contributed by atoms with Crippen molar-refractivity contribution >= 4 is 28.5 Å². The van der Waals surface area contributed by atoms with Crippen molar-refractivity contribution in [3.63, 3.8) is 0 Å². The second-order valence-electron chi connectivity index (χ2n) is 9.08. The monoisotopic (exact) mass is 464 g/mol. The normalized spacial score (nSPS) is 19.5. The zero-order valence-electron chi connectivity index (χ0n) is 19.5. The second-order valence-corrected chi connectivity index (χ2v) is 9.08. The van der Waals surface area contributed by atoms with E-state index >= 15 is 0 Å². The zero-order valence-corrected chi connectivity index (χ0v) is 19.5. The van der Waals surface area contributed by atoms with E-state index in [1.54, 1.807) is 34.1 Å². The Hall–Kier alpha value is -4.19. The number of rotatable bonds is 4. The van der Waals surface area contributed by atoms with Crippen LogP contribution in [0.3, 0.4) is 0 Å². The summed E-state index contributed by atoms with van der Waals surface area (Å²) in [5.41, 5.74) is 0.716. The Morgan fingerprint density at radius 2 is 1.57 bits per heavy atom. The first-order valence-corrected chi connectivity index (χ1v) is 11.9. The lowest BCUT2D eigenvalue weighted by Gasteiger charge is -2.38. The van der Waals surface area contributed by atoms with Gasteiger partial charge in [0.2, 0.25) is 5.76 Å². The number of fused-ring (bicyclic) bond motifs is 5. The van der Waals surface area contributed by atoms with E-state index in [4.69, 9.17) is 4.42 Å². The van der Waals surface area contributed by atoms with Gasteiger partial charge in [0.25, 0.3) is 11.8 Å². The topological polar surface area (TPSA) is 70.8 Å². The SMILES string of the molecule is CCCN1C(=O)C2(c3ccccc31)c1c(oc3ccccc3c1=O)C(=O)N2C(C)c1ccccc1. The fraction of sp³-hybridized carbons (Fsp3) is 0.207. The van der Waals surface area contributed by atoms with Gasteiger partial charge >= 0.3 is 0 Å². The molecule has 0 saturated heterocycles. The van der Waals surface area contributed by atoms with Crippen LogP contribution >= 0.6 is 0 Å². The number of carbonyl (C=O) groups is 2. The maximum Gasteiger partial charge on any atom is 0.292 e. The Morgan fingerprint density at radius 3 is 2.34 bits per heavy atom. The van der Waals surface area contributed by atoms with Crippen LogP contribution < -0.4 is 10.3 Å². The molecule has 2 aliphatic heterocycles. The maximum absolute atomic E-state index is 14.5. The lowest BCUT2D eigenvalue weighted by Crippen LogP contribution is -2.54. The van der Waals surface area contributed by atoms with Gasteiger partial charge in [-0.2, -0.15) is 0 Å². The molecule has 2 amide bonds. The first-order valence-electron chi connectivity index (χ1n) is 11.9. The number of carbonyl (C=O) groups excluding carboxylic acids is 2. The fourth-order valence-electron chi connectivity index (χ4n) is 5.71. The Labute approximate surface area is 202 Å². The third-order valence-corrected chi connectivity index (χ3v) is 7.19. The van der Waals surface area contributed by atoms with E-state index in [-0.39, 0.29) is 22.7 Å². The molecule has 174 valence electrons. The van der Waals surface area contributed by atoms with E-state index in [1.165, 1.54) is 0 Å². The number of hydrogen-bond donors (Lipinski definition) is 0. The van der Waals surface area contributed by atoms with Crippen LogP contribution in [0.4, 0.5) is 5.69 Å². The van der Waals surface area contributed by atoms with Crippen molar-refractivity contribution in [2.24, 2.45) is 0 Å². The molecule has 1 spiro atoms. The summed E-state index contributed by atoms with van der Waals surface area (Å²) in [7, 11) is 0. The standard InChI is InChI=1S/C29H24N2O4/c1-3-17-30-22-15-9-8-14-21(22)29(28(30)34)24-25(32)20-13-7-10-16-23(20)35-26(24)27(33)31(29)18(2)19-11-5-4-6-12-19/h4-16,18H,3,17H2,1-2H3. The summed E-state index contributed by atoms with van der Waals surface area (Å²) in [5, 5.41) is 0.354. The average Bonchev–Trinajstić information content (AvgIpc) is 3.29. The van der Waals surface area contributed by atoms with Gasteiger partial charge in [0.1, 0.15) is 5.58 Å². The molecule has 3 heterocycles. The van der Waals surface area contributed by atoms with Gasteiger partial charge in [-0.25, -0.2) is 0 Å². The van der Waals surface area contributed by atoms with Crippen molar-refractivity contribution in [2.75, 3.05) is 11.4 Å². The highest BCUT2D eigenvalue weighted by molar-refractivity contribution is 6.17. The number of hydrogen-bond acceptors (Lipinski definition) is 4. The van der Waals surface area contributed by atoms with Crippen LogP contribution in [0.15, 0.2) is 88.1 Å². The summed E-state index contributed by atoms with van der Waals surface area (Å²) in [6, 6.07) is 23.4. The molecule has 3 aromatic carbocycles. The van der Waals surface area contributed by atoms with Gasteiger partial charge in [-0.1, -0.05) is 67.6 Å². The van der Waals surface area contributed by atoms with Crippen LogP contribution in [0, 0.1) is 0 Å². The van der Waals surface area contributed by atoms with Gasteiger partial charge in [0, 0.05) is 12.1 Å². The van der Waals surface area contributed by atoms with Gasteiger partial charge in [0.05, 0.1) is 22.7 Å². The highest BCUT2D eigenvalue weighted by Crippen LogP contribution is 2.55. The largest absolute Gasteiger partial charge is 0.450 e. The summed E-state index contributed by atoms with van der Waals surface area (Å²) in [6.45, 7) is 4.37. The molecule has 0 saturated carbocycles. The van der Waals surface area contributed by atoms with E-state index in [2.05, 4.69) is 0 Å². The number of nitrogens with zero attached hydrogens (tertiary/aromatic N) is 2. The van der Waals surface area contributed by atoms with Crippen LogP contribution in [0.25, 0.3) is 11.0 Å². The maximum atomic E-state index is 14.5. The van der Waals surface area contributed by atoms with Crippen LogP contribution in [-0.2, 0) is 10.3 Å². The van der Waals surface area contributed by atoms with Crippen molar-refractivity contribution in [1.82, 2.24) is 4.90 Å². The first-order chi connectivity index (χ1) is 17.0. The predicted molar refractivity (Wildman–Crippen MR) is 133 cm³/mol. The molecular weight excluding hydrogens is 440 g/mol. The van der Waals surface area contributed by atoms with Crippen molar-refractivity contribution < 1.29 is 14.0 Å². The third-order valence-electron chi connectivity index (χ3n) is 7.19. The lowest BCUT2D eigenvalue weighted by molar-refractivity contribution is -0.127. The van der Waals surface area contributed by atoms with Gasteiger partial charge < -0.3 is 14.2 Å². The molecule has 35 heavy (non-hydrogen) atoms. The Bertz CT molecular complexity index is 1560. The highest BCUT2D eigenvalue weighted by Gasteiger charge is 2.66. The molecule has 0 fully saturated rings. The molecule has 2 atom stereocenters. The van der Waals surface area contributed by atoms with E-state index in [0.29, 0.717) is 23.1 Å². The van der Waals surface area contributed by atoms with E-state index in [9.17, 15) is 14.4 Å². The smallest absolute Gasteiger partial charge is 0.292 e. The third kappa shape index (κ3) is 2.68. The van der Waals surface area contributed by atoms with Gasteiger partial charge in [-0.15, -0.1) is 0 Å². The zero-order chi connectivity index (χ0) is 24.3. The van der Waals surface area contributed by atoms with E-state index < -0.39 is 17.5 Å². The van der Waals surface area contributed by atoms with Crippen LogP contribution in [-0.4, -0.2) is 23.3 Å². The number of amides is 2. The molecule has 2 unspecified atom stereocenters. The quantitative estimate of drug-likeness (QED) is 0.426. The first kappa shape index (κ1) is 21.4. The van der Waals surface area contributed by atoms with Crippen LogP contribution in [0.2, 0.25) is 0 Å². The molecule has 4 aromatic rings. The highest BCUT2D eigenvalue weighted by atomic mass is 16.3. The van der Waals surface area contributed by atoms with Crippen molar-refractivity contribution in [3.05, 3.63) is 112 Å². The van der Waals surface area contributed by atoms with Crippen molar-refractivity contribution in [1.29, 1.82) is 0 Å². The van der Waals surface area contributed by atoms with Gasteiger partial charge in [-0.05, 0) is 37.1 Å². The Morgan fingerprint density at radius 1 is 0.886 bits per heavy atom. The van der Waals surface area contributed by atoms with E-state index in [0.717, 1.165) is 17.7 Å². The van der Waals surface area contributed by atoms with Crippen LogP contribution in [0.5, 0.6) is 0 Å². The number of anilines is 1. The minimum Gasteiger partial charge on any atom is -0.450 e. The van der Waals surface area contributed by atoms with Crippen molar-refractivity contribution in [2.45, 2.75) is 31.8 Å². The van der Waals surface area contributed by atoms with Crippen molar-refractivity contribution in [3.8, 4) is 0 Å². The fourth-order valence-corrected chi connectivity index (χ4v) is 5.71. The summed E-state index contributed by atoms with van der Waals surface area (Å²) >= 11 is 0. The lowest BCUT2D eigenvalue weighted by atomic mass is 9.83. The minimum atomic E-state index is -1.60. The molecule has 0 radical (unpaired) electrons. The molecule has 6 heteroatoms. The van der Waals surface area contributed by atoms with Gasteiger partial charge in [-0.3, -0.25) is 14.4 Å². The second kappa shape index (κ2) is 7.67. The van der Waals surface area contributed by atoms with E-state index in [1.807, 2.05) is 68.4 Å². The molecule has 6 rings (SSSR count). The Kier molecular flexibility index (Phi) is 4.68. The molecule has 0 N–H and O–H groups in total. The summed E-state index contributed by atoms with van der Waals surface area (Å²) in [6.07, 6.45) is 0.734. The molecule has 6 nitrogen and oxygen atoms in total. The van der Waals surface area contributed by atoms with Gasteiger partial charge in [0.15, 0.2) is 11.0 Å². The molecular formula is C29H24N2O4. The molecule has 0 aliphatic carbocycles. The molecule has 0 bridgehead atoms. The minimum absolute atomic E-state index is 0.0574.